The first-order valence-corrected chi connectivity index (χ1v) is 4.67. The molecule has 0 aromatic heterocycles. The molecule has 0 fully saturated rings. The molecule has 20 heavy (non-hydrogen) atoms. The fourth-order valence-electron chi connectivity index (χ4n) is 1.42. The Bertz CT molecular complexity index is 593. The molecule has 13 nitrogen and oxygen atoms in total. The second-order valence-corrected chi connectivity index (χ2v) is 3.40. The third-order valence-electron chi connectivity index (χ3n) is 2.25. The van der Waals surface area contributed by atoms with Gasteiger partial charge in [-0.05, 0) is 0 Å². The molecule has 1 aromatic rings. The molecule has 2 N–H and O–H groups in total. The maximum atomic E-state index is 10.8. The van der Waals surface area contributed by atoms with Crippen molar-refractivity contribution in [3.05, 3.63) is 58.2 Å². The van der Waals surface area contributed by atoms with Gasteiger partial charge >= 0.3 is 6.17 Å². The summed E-state index contributed by atoms with van der Waals surface area (Å²) in [5.74, 6) is 0. The lowest BCUT2D eigenvalue weighted by Gasteiger charge is -2.05. The van der Waals surface area contributed by atoms with Crippen LogP contribution in [0.3, 0.4) is 0 Å². The number of nitrogens with two attached hydrogens (primary N) is 1. The summed E-state index contributed by atoms with van der Waals surface area (Å²) in [4.78, 5) is 38.0. The first-order chi connectivity index (χ1) is 9.16. The summed E-state index contributed by atoms with van der Waals surface area (Å²) in [6.45, 7) is 0. The first-order valence-electron chi connectivity index (χ1n) is 4.67. The lowest BCUT2D eigenvalue weighted by atomic mass is 10.1. The quantitative estimate of drug-likeness (QED) is 0.458. The van der Waals surface area contributed by atoms with Crippen LogP contribution in [0.15, 0.2) is 12.1 Å². The molecule has 1 rings (SSSR count). The number of nitrogens with zero attached hydrogens (tertiary/aromatic N) is 4. The Morgan fingerprint density at radius 1 is 0.850 bits per heavy atom. The second-order valence-electron chi connectivity index (χ2n) is 3.40. The predicted molar refractivity (Wildman–Crippen MR) is 60.3 cm³/mol. The molecule has 1 atom stereocenters. The van der Waals surface area contributed by atoms with Crippen molar-refractivity contribution >= 4 is 17.1 Å². The molecule has 0 heterocycles. The van der Waals surface area contributed by atoms with Crippen LogP contribution in [-0.4, -0.2) is 19.7 Å². The highest BCUT2D eigenvalue weighted by Gasteiger charge is 2.39. The molecule has 0 radical (unpaired) electrons. The van der Waals surface area contributed by atoms with E-state index in [1.54, 1.807) is 0 Å². The van der Waals surface area contributed by atoms with Crippen molar-refractivity contribution in [2.24, 2.45) is 5.73 Å². The van der Waals surface area contributed by atoms with Crippen LogP contribution in [0, 0.1) is 40.5 Å². The normalized spacial score (nSPS) is 11.7. The van der Waals surface area contributed by atoms with Crippen LogP contribution in [0.4, 0.5) is 17.1 Å². The van der Waals surface area contributed by atoms with Gasteiger partial charge < -0.3 is 0 Å². The number of nitro benzene ring substituents is 3. The SMILES string of the molecule is NC(c1c([N+](=O)[O-])cc([N+](=O)[O-])cc1[N+](=O)[O-])[N+](=O)[O-]. The monoisotopic (exact) mass is 287 g/mol. The molecule has 0 aliphatic heterocycles. The lowest BCUT2D eigenvalue weighted by Crippen LogP contribution is -2.22. The van der Waals surface area contributed by atoms with E-state index >= 15 is 0 Å². The largest absolute Gasteiger partial charge is 0.302 e. The third-order valence-corrected chi connectivity index (χ3v) is 2.25. The van der Waals surface area contributed by atoms with E-state index in [9.17, 15) is 40.5 Å². The van der Waals surface area contributed by atoms with Gasteiger partial charge in [-0.2, -0.15) is 0 Å². The van der Waals surface area contributed by atoms with Gasteiger partial charge in [0.25, 0.3) is 17.1 Å². The van der Waals surface area contributed by atoms with Crippen LogP contribution in [0.25, 0.3) is 0 Å². The molecule has 0 aliphatic rings. The Hall–Kier alpha value is -3.22. The van der Waals surface area contributed by atoms with E-state index in [4.69, 9.17) is 5.73 Å². The predicted octanol–water partition coefficient (Wildman–Crippen LogP) is 0.645. The van der Waals surface area contributed by atoms with Gasteiger partial charge in [0.2, 0.25) is 0 Å². The average Bonchev–Trinajstić information content (AvgIpc) is 2.35. The summed E-state index contributed by atoms with van der Waals surface area (Å²) in [5.41, 5.74) is 0.803. The fraction of sp³-hybridized carbons (Fsp3) is 0.143. The van der Waals surface area contributed by atoms with Crippen molar-refractivity contribution in [1.82, 2.24) is 0 Å². The first kappa shape index (κ1) is 14.8. The molecule has 0 saturated heterocycles. The minimum atomic E-state index is -2.25. The highest BCUT2D eigenvalue weighted by Crippen LogP contribution is 2.37. The van der Waals surface area contributed by atoms with E-state index in [1.807, 2.05) is 0 Å². The van der Waals surface area contributed by atoms with Crippen molar-refractivity contribution in [1.29, 1.82) is 0 Å². The molecule has 1 aromatic carbocycles. The lowest BCUT2D eigenvalue weighted by molar-refractivity contribution is -0.531. The van der Waals surface area contributed by atoms with Crippen LogP contribution in [-0.2, 0) is 0 Å². The average molecular weight is 287 g/mol. The van der Waals surface area contributed by atoms with E-state index in [2.05, 4.69) is 0 Å². The van der Waals surface area contributed by atoms with Crippen molar-refractivity contribution in [3.8, 4) is 0 Å². The van der Waals surface area contributed by atoms with E-state index in [-0.39, 0.29) is 0 Å². The Labute approximate surface area is 108 Å². The Balaban J connectivity index is 3.77. The van der Waals surface area contributed by atoms with Gasteiger partial charge in [-0.3, -0.25) is 46.2 Å². The zero-order chi connectivity index (χ0) is 15.6. The number of nitro groups is 4. The summed E-state index contributed by atoms with van der Waals surface area (Å²) in [5, 5.41) is 42.7. The molecule has 106 valence electrons. The number of rotatable bonds is 5. The molecule has 0 spiro atoms. The summed E-state index contributed by atoms with van der Waals surface area (Å²) < 4.78 is 0. The number of non-ortho nitro benzene ring substituents is 1. The topological polar surface area (TPSA) is 199 Å². The molecule has 13 heteroatoms. The molecule has 0 bridgehead atoms. The molecular weight excluding hydrogens is 282 g/mol. The molecular formula is C7H5N5O8. The van der Waals surface area contributed by atoms with Crippen molar-refractivity contribution < 1.29 is 19.7 Å². The molecule has 0 aliphatic carbocycles. The highest BCUT2D eigenvalue weighted by atomic mass is 16.6. The van der Waals surface area contributed by atoms with E-state index < -0.39 is 48.5 Å². The minimum Gasteiger partial charge on any atom is -0.264 e. The van der Waals surface area contributed by atoms with Crippen LogP contribution < -0.4 is 5.73 Å². The summed E-state index contributed by atoms with van der Waals surface area (Å²) in [6, 6.07) is 0.761. The van der Waals surface area contributed by atoms with Crippen LogP contribution in [0.1, 0.15) is 11.7 Å². The van der Waals surface area contributed by atoms with Crippen LogP contribution >= 0.6 is 0 Å². The Kier molecular flexibility index (Phi) is 3.85. The fourth-order valence-corrected chi connectivity index (χ4v) is 1.42. The number of benzene rings is 1. The van der Waals surface area contributed by atoms with Crippen molar-refractivity contribution in [3.63, 3.8) is 0 Å². The van der Waals surface area contributed by atoms with E-state index in [0.717, 1.165) is 0 Å². The van der Waals surface area contributed by atoms with Crippen LogP contribution in [0.2, 0.25) is 0 Å². The third kappa shape index (κ3) is 2.61. The van der Waals surface area contributed by atoms with E-state index in [0.29, 0.717) is 12.1 Å². The molecule has 0 amide bonds. The Morgan fingerprint density at radius 2 is 1.25 bits per heavy atom. The molecule has 1 unspecified atom stereocenters. The maximum Gasteiger partial charge on any atom is 0.302 e. The Morgan fingerprint density at radius 3 is 1.50 bits per heavy atom. The molecule has 0 saturated carbocycles. The summed E-state index contributed by atoms with van der Waals surface area (Å²) in [7, 11) is 0. The van der Waals surface area contributed by atoms with Gasteiger partial charge in [0.15, 0.2) is 5.56 Å². The number of hydrogen-bond donors (Lipinski definition) is 1. The van der Waals surface area contributed by atoms with E-state index in [1.165, 1.54) is 0 Å². The highest BCUT2D eigenvalue weighted by molar-refractivity contribution is 5.61. The van der Waals surface area contributed by atoms with Gasteiger partial charge in [0.05, 0.1) is 26.9 Å². The smallest absolute Gasteiger partial charge is 0.264 e. The summed E-state index contributed by atoms with van der Waals surface area (Å²) >= 11 is 0. The standard InChI is InChI=1S/C7H5N5O8/c8-7(12(19)20)6-4(10(15)16)1-3(9(13)14)2-5(6)11(17)18/h1-2,7H,8H2. The van der Waals surface area contributed by atoms with Gasteiger partial charge in [-0.25, -0.2) is 0 Å². The second kappa shape index (κ2) is 5.19. The maximum absolute atomic E-state index is 10.8. The van der Waals surface area contributed by atoms with Gasteiger partial charge in [0, 0.05) is 4.92 Å². The van der Waals surface area contributed by atoms with Crippen molar-refractivity contribution in [2.75, 3.05) is 0 Å². The van der Waals surface area contributed by atoms with Gasteiger partial charge in [0.1, 0.15) is 0 Å². The van der Waals surface area contributed by atoms with Gasteiger partial charge in [-0.15, -0.1) is 0 Å². The van der Waals surface area contributed by atoms with Crippen molar-refractivity contribution in [2.45, 2.75) is 6.17 Å². The minimum absolute atomic E-state index is 0.381. The zero-order valence-corrected chi connectivity index (χ0v) is 9.36. The zero-order valence-electron chi connectivity index (χ0n) is 9.36. The van der Waals surface area contributed by atoms with Gasteiger partial charge in [-0.1, -0.05) is 0 Å². The van der Waals surface area contributed by atoms with Crippen LogP contribution in [0.5, 0.6) is 0 Å². The number of hydrogen-bond acceptors (Lipinski definition) is 9. The summed E-state index contributed by atoms with van der Waals surface area (Å²) in [6.07, 6.45) is -2.25.